The van der Waals surface area contributed by atoms with Crippen molar-refractivity contribution in [2.45, 2.75) is 0 Å². The van der Waals surface area contributed by atoms with Gasteiger partial charge < -0.3 is 14.8 Å². The standard InChI is InChI=1S/C24H16FN5O3/c25-19-9-17(30-12-26-20-5-1-14(7-21(20)30)15-10-27-28-11-15)3-4-18(19)24(31)29-16-2-6-22-23(8-16)33-13-32-22/h1-12H,13H2,(H,27,28)(H,29,31). The van der Waals surface area contributed by atoms with Gasteiger partial charge in [-0.15, -0.1) is 0 Å². The summed E-state index contributed by atoms with van der Waals surface area (Å²) in [6.45, 7) is 0.134. The van der Waals surface area contributed by atoms with E-state index in [9.17, 15) is 9.18 Å². The molecule has 1 aliphatic heterocycles. The van der Waals surface area contributed by atoms with Gasteiger partial charge in [-0.3, -0.25) is 14.5 Å². The molecule has 1 amide bonds. The predicted molar refractivity (Wildman–Crippen MR) is 119 cm³/mol. The van der Waals surface area contributed by atoms with E-state index in [1.807, 2.05) is 18.2 Å². The molecule has 0 atom stereocenters. The lowest BCUT2D eigenvalue weighted by atomic mass is 10.1. The summed E-state index contributed by atoms with van der Waals surface area (Å²) in [5.41, 5.74) is 4.45. The molecule has 0 saturated carbocycles. The Kier molecular flexibility index (Phi) is 4.32. The molecule has 0 bridgehead atoms. The van der Waals surface area contributed by atoms with Gasteiger partial charge in [0.2, 0.25) is 6.79 Å². The monoisotopic (exact) mass is 441 g/mol. The van der Waals surface area contributed by atoms with Crippen molar-refractivity contribution in [3.05, 3.63) is 84.7 Å². The number of carbonyl (C=O) groups is 1. The lowest BCUT2D eigenvalue weighted by Gasteiger charge is -2.10. The van der Waals surface area contributed by atoms with Gasteiger partial charge in [-0.25, -0.2) is 9.37 Å². The number of hydrogen-bond acceptors (Lipinski definition) is 5. The third-order valence-electron chi connectivity index (χ3n) is 5.48. The number of anilines is 1. The molecular weight excluding hydrogens is 425 g/mol. The number of fused-ring (bicyclic) bond motifs is 2. The van der Waals surface area contributed by atoms with E-state index < -0.39 is 11.7 Å². The van der Waals surface area contributed by atoms with E-state index in [2.05, 4.69) is 20.5 Å². The SMILES string of the molecule is O=C(Nc1ccc2c(c1)OCO2)c1ccc(-n2cnc3ccc(-c4cn[nH]c4)cc32)cc1F. The van der Waals surface area contributed by atoms with Gasteiger partial charge in [-0.1, -0.05) is 6.07 Å². The van der Waals surface area contributed by atoms with Crippen LogP contribution in [0, 0.1) is 5.82 Å². The zero-order valence-corrected chi connectivity index (χ0v) is 17.1. The molecule has 0 aliphatic carbocycles. The van der Waals surface area contributed by atoms with Gasteiger partial charge in [0.15, 0.2) is 11.5 Å². The second kappa shape index (κ2) is 7.49. The molecule has 1 aliphatic rings. The number of carbonyl (C=O) groups excluding carboxylic acids is 1. The van der Waals surface area contributed by atoms with Crippen molar-refractivity contribution in [1.29, 1.82) is 0 Å². The van der Waals surface area contributed by atoms with Crippen LogP contribution in [0.25, 0.3) is 27.8 Å². The summed E-state index contributed by atoms with van der Waals surface area (Å²) in [5, 5.41) is 9.47. The molecule has 0 fully saturated rings. The average Bonchev–Trinajstić information content (AvgIpc) is 3.58. The second-order valence-electron chi connectivity index (χ2n) is 7.49. The molecule has 3 heterocycles. The molecule has 0 spiro atoms. The zero-order valence-electron chi connectivity index (χ0n) is 17.1. The topological polar surface area (TPSA) is 94.1 Å². The minimum Gasteiger partial charge on any atom is -0.454 e. The Morgan fingerprint density at radius 3 is 2.79 bits per heavy atom. The number of imidazole rings is 1. The van der Waals surface area contributed by atoms with Crippen molar-refractivity contribution in [2.24, 2.45) is 0 Å². The summed E-state index contributed by atoms with van der Waals surface area (Å²) in [7, 11) is 0. The van der Waals surface area contributed by atoms with Gasteiger partial charge in [0, 0.05) is 23.5 Å². The quantitative estimate of drug-likeness (QED) is 0.427. The van der Waals surface area contributed by atoms with Gasteiger partial charge >= 0.3 is 0 Å². The third kappa shape index (κ3) is 3.35. The van der Waals surface area contributed by atoms with Crippen LogP contribution in [-0.4, -0.2) is 32.4 Å². The number of H-pyrrole nitrogens is 1. The molecular formula is C24H16FN5O3. The fourth-order valence-corrected chi connectivity index (χ4v) is 3.81. The average molecular weight is 441 g/mol. The second-order valence-corrected chi connectivity index (χ2v) is 7.49. The Hall–Kier alpha value is -4.66. The lowest BCUT2D eigenvalue weighted by Crippen LogP contribution is -2.14. The van der Waals surface area contributed by atoms with Gasteiger partial charge in [0.25, 0.3) is 5.91 Å². The molecule has 0 unspecified atom stereocenters. The molecule has 5 aromatic rings. The first-order valence-corrected chi connectivity index (χ1v) is 10.1. The number of nitrogens with one attached hydrogen (secondary N) is 2. The highest BCUT2D eigenvalue weighted by atomic mass is 19.1. The van der Waals surface area contributed by atoms with E-state index in [-0.39, 0.29) is 12.4 Å². The molecule has 8 nitrogen and oxygen atoms in total. The summed E-state index contributed by atoms with van der Waals surface area (Å²) >= 11 is 0. The van der Waals surface area contributed by atoms with Gasteiger partial charge in [-0.2, -0.15) is 5.10 Å². The summed E-state index contributed by atoms with van der Waals surface area (Å²) in [6.07, 6.45) is 5.16. The number of hydrogen-bond donors (Lipinski definition) is 2. The third-order valence-corrected chi connectivity index (χ3v) is 5.48. The summed E-state index contributed by atoms with van der Waals surface area (Å²) in [4.78, 5) is 17.1. The first-order chi connectivity index (χ1) is 16.2. The van der Waals surface area contributed by atoms with Crippen molar-refractivity contribution >= 4 is 22.6 Å². The van der Waals surface area contributed by atoms with Crippen molar-refractivity contribution in [1.82, 2.24) is 19.7 Å². The molecule has 33 heavy (non-hydrogen) atoms. The van der Waals surface area contributed by atoms with Crippen LogP contribution in [0.2, 0.25) is 0 Å². The molecule has 0 saturated heterocycles. The van der Waals surface area contributed by atoms with Crippen LogP contribution < -0.4 is 14.8 Å². The molecule has 162 valence electrons. The van der Waals surface area contributed by atoms with Crippen LogP contribution in [0.15, 0.2) is 73.3 Å². The van der Waals surface area contributed by atoms with Crippen molar-refractivity contribution in [2.75, 3.05) is 12.1 Å². The van der Waals surface area contributed by atoms with Gasteiger partial charge in [-0.05, 0) is 48.0 Å². The number of ether oxygens (including phenoxy) is 2. The van der Waals surface area contributed by atoms with Crippen molar-refractivity contribution in [3.63, 3.8) is 0 Å². The van der Waals surface area contributed by atoms with Crippen molar-refractivity contribution in [3.8, 4) is 28.3 Å². The van der Waals surface area contributed by atoms with Crippen LogP contribution in [0.1, 0.15) is 10.4 Å². The summed E-state index contributed by atoms with van der Waals surface area (Å²) < 4.78 is 27.3. The van der Waals surface area contributed by atoms with Gasteiger partial charge in [0.05, 0.1) is 28.5 Å². The number of benzene rings is 3. The first kappa shape index (κ1) is 19.1. The fourth-order valence-electron chi connectivity index (χ4n) is 3.81. The van der Waals surface area contributed by atoms with E-state index in [0.717, 1.165) is 22.2 Å². The highest BCUT2D eigenvalue weighted by Gasteiger charge is 2.17. The van der Waals surface area contributed by atoms with E-state index in [0.29, 0.717) is 22.9 Å². The van der Waals surface area contributed by atoms with Crippen molar-refractivity contribution < 1.29 is 18.7 Å². The minimum atomic E-state index is -0.640. The Morgan fingerprint density at radius 2 is 1.94 bits per heavy atom. The van der Waals surface area contributed by atoms with Crippen LogP contribution in [-0.2, 0) is 0 Å². The smallest absolute Gasteiger partial charge is 0.258 e. The Balaban J connectivity index is 1.30. The molecule has 3 aromatic carbocycles. The first-order valence-electron chi connectivity index (χ1n) is 10.1. The fraction of sp³-hybridized carbons (Fsp3) is 0.0417. The molecule has 6 rings (SSSR count). The predicted octanol–water partition coefficient (Wildman–Crippen LogP) is 4.54. The highest BCUT2D eigenvalue weighted by Crippen LogP contribution is 2.34. The summed E-state index contributed by atoms with van der Waals surface area (Å²) in [5.74, 6) is -0.0633. The largest absolute Gasteiger partial charge is 0.454 e. The molecule has 2 N–H and O–H groups in total. The lowest BCUT2D eigenvalue weighted by molar-refractivity contribution is 0.102. The minimum absolute atomic E-state index is 0.0695. The van der Waals surface area contributed by atoms with E-state index in [4.69, 9.17) is 9.47 Å². The van der Waals surface area contributed by atoms with E-state index >= 15 is 0 Å². The number of nitrogens with zero attached hydrogens (tertiary/aromatic N) is 3. The van der Waals surface area contributed by atoms with Crippen LogP contribution in [0.5, 0.6) is 11.5 Å². The number of halogens is 1. The summed E-state index contributed by atoms with van der Waals surface area (Å²) in [6, 6.07) is 15.3. The van der Waals surface area contributed by atoms with Crippen LogP contribution >= 0.6 is 0 Å². The normalized spacial score (nSPS) is 12.3. The molecule has 9 heteroatoms. The Morgan fingerprint density at radius 1 is 1.03 bits per heavy atom. The Bertz CT molecular complexity index is 1510. The maximum atomic E-state index is 15.0. The number of aromatic nitrogens is 4. The highest BCUT2D eigenvalue weighted by molar-refractivity contribution is 6.04. The molecule has 2 aromatic heterocycles. The number of rotatable bonds is 4. The molecule has 0 radical (unpaired) electrons. The number of aromatic amines is 1. The Labute approximate surface area is 186 Å². The van der Waals surface area contributed by atoms with Crippen LogP contribution in [0.4, 0.5) is 10.1 Å². The van der Waals surface area contributed by atoms with Gasteiger partial charge in [0.1, 0.15) is 12.1 Å². The maximum absolute atomic E-state index is 15.0. The maximum Gasteiger partial charge on any atom is 0.258 e. The van der Waals surface area contributed by atoms with E-state index in [1.165, 1.54) is 12.1 Å². The van der Waals surface area contributed by atoms with E-state index in [1.54, 1.807) is 47.6 Å². The van der Waals surface area contributed by atoms with Crippen LogP contribution in [0.3, 0.4) is 0 Å². The number of amides is 1. The zero-order chi connectivity index (χ0) is 22.4.